The lowest BCUT2D eigenvalue weighted by Crippen LogP contribution is -2.29. The Bertz CT molecular complexity index is 771. The molecule has 1 aliphatic heterocycles. The number of anilines is 2. The summed E-state index contributed by atoms with van der Waals surface area (Å²) in [6.07, 6.45) is 3.74. The maximum atomic E-state index is 12.6. The van der Waals surface area contributed by atoms with Crippen LogP contribution in [-0.4, -0.2) is 33.2 Å². The molecule has 2 aromatic carbocycles. The van der Waals surface area contributed by atoms with Crippen LogP contribution in [0.4, 0.5) is 11.4 Å². The molecule has 0 bridgehead atoms. The monoisotopic (exact) mass is 374 g/mol. The highest BCUT2D eigenvalue weighted by Gasteiger charge is 2.15. The van der Waals surface area contributed by atoms with Gasteiger partial charge >= 0.3 is 0 Å². The van der Waals surface area contributed by atoms with Crippen molar-refractivity contribution in [3.8, 4) is 11.5 Å². The van der Waals surface area contributed by atoms with Gasteiger partial charge in [-0.1, -0.05) is 11.6 Å². The zero-order valence-electron chi connectivity index (χ0n) is 15.0. The highest BCUT2D eigenvalue weighted by Crippen LogP contribution is 2.36. The van der Waals surface area contributed by atoms with Crippen molar-refractivity contribution < 1.29 is 14.3 Å². The summed E-state index contributed by atoms with van der Waals surface area (Å²) in [6.45, 7) is 2.15. The molecule has 1 heterocycles. The van der Waals surface area contributed by atoms with Gasteiger partial charge in [0.1, 0.15) is 11.5 Å². The van der Waals surface area contributed by atoms with E-state index in [0.717, 1.165) is 18.8 Å². The van der Waals surface area contributed by atoms with Crippen LogP contribution in [0.25, 0.3) is 0 Å². The van der Waals surface area contributed by atoms with E-state index in [1.807, 2.05) is 24.3 Å². The molecule has 0 aromatic heterocycles. The number of ether oxygens (including phenoxy) is 2. The van der Waals surface area contributed by atoms with Gasteiger partial charge in [-0.3, -0.25) is 4.79 Å². The quantitative estimate of drug-likeness (QED) is 0.830. The number of amides is 1. The molecule has 0 spiro atoms. The van der Waals surface area contributed by atoms with Gasteiger partial charge in [0, 0.05) is 36.5 Å². The molecular formula is C20H23ClN2O3. The number of nitrogens with zero attached hydrogens (tertiary/aromatic N) is 1. The van der Waals surface area contributed by atoms with Crippen molar-refractivity contribution in [2.24, 2.45) is 0 Å². The molecule has 0 aliphatic carbocycles. The van der Waals surface area contributed by atoms with E-state index in [0.29, 0.717) is 27.8 Å². The molecule has 1 N–H and O–H groups in total. The van der Waals surface area contributed by atoms with E-state index in [1.165, 1.54) is 33.5 Å². The van der Waals surface area contributed by atoms with E-state index >= 15 is 0 Å². The summed E-state index contributed by atoms with van der Waals surface area (Å²) in [6, 6.07) is 11.0. The summed E-state index contributed by atoms with van der Waals surface area (Å²) in [5.41, 5.74) is 2.26. The minimum absolute atomic E-state index is 0.210. The van der Waals surface area contributed by atoms with Gasteiger partial charge in [-0.2, -0.15) is 0 Å². The van der Waals surface area contributed by atoms with Crippen LogP contribution >= 0.6 is 11.6 Å². The molecule has 0 radical (unpaired) electrons. The lowest BCUT2D eigenvalue weighted by molar-refractivity contribution is 0.102. The first-order chi connectivity index (χ1) is 12.6. The highest BCUT2D eigenvalue weighted by atomic mass is 35.5. The second-order valence-electron chi connectivity index (χ2n) is 6.24. The maximum Gasteiger partial charge on any atom is 0.255 e. The lowest BCUT2D eigenvalue weighted by atomic mass is 10.1. The average Bonchev–Trinajstić information content (AvgIpc) is 2.69. The number of methoxy groups -OCH3 is 2. The molecule has 1 saturated heterocycles. The number of benzene rings is 2. The second-order valence-corrected chi connectivity index (χ2v) is 6.64. The summed E-state index contributed by atoms with van der Waals surface area (Å²) in [5, 5.41) is 3.29. The van der Waals surface area contributed by atoms with Crippen LogP contribution in [0.3, 0.4) is 0 Å². The number of piperidine rings is 1. The number of rotatable bonds is 5. The van der Waals surface area contributed by atoms with E-state index in [4.69, 9.17) is 21.1 Å². The van der Waals surface area contributed by atoms with Crippen molar-refractivity contribution in [3.63, 3.8) is 0 Å². The number of nitrogens with one attached hydrogen (secondary N) is 1. The van der Waals surface area contributed by atoms with Crippen molar-refractivity contribution >= 4 is 28.9 Å². The molecule has 0 saturated carbocycles. The van der Waals surface area contributed by atoms with Gasteiger partial charge in [0.25, 0.3) is 5.91 Å². The topological polar surface area (TPSA) is 50.8 Å². The summed E-state index contributed by atoms with van der Waals surface area (Å²) < 4.78 is 10.5. The molecule has 6 heteroatoms. The molecule has 0 unspecified atom stereocenters. The number of halogens is 1. The van der Waals surface area contributed by atoms with Crippen molar-refractivity contribution in [2.75, 3.05) is 37.5 Å². The SMILES string of the molecule is COc1cc(NC(=O)c2ccc(N3CCCCC3)cc2)c(OC)cc1Cl. The zero-order chi connectivity index (χ0) is 18.5. The normalized spacial score (nSPS) is 14.0. The van der Waals surface area contributed by atoms with Crippen molar-refractivity contribution in [1.82, 2.24) is 0 Å². The Labute approximate surface area is 158 Å². The van der Waals surface area contributed by atoms with Crippen LogP contribution in [0, 0.1) is 0 Å². The lowest BCUT2D eigenvalue weighted by Gasteiger charge is -2.28. The fourth-order valence-electron chi connectivity index (χ4n) is 3.13. The van der Waals surface area contributed by atoms with E-state index < -0.39 is 0 Å². The van der Waals surface area contributed by atoms with Crippen LogP contribution in [0.5, 0.6) is 11.5 Å². The Hall–Kier alpha value is -2.40. The Kier molecular flexibility index (Phi) is 5.89. The van der Waals surface area contributed by atoms with Gasteiger partial charge in [-0.25, -0.2) is 0 Å². The van der Waals surface area contributed by atoms with E-state index in [2.05, 4.69) is 10.2 Å². The van der Waals surface area contributed by atoms with Crippen LogP contribution in [0.15, 0.2) is 36.4 Å². The maximum absolute atomic E-state index is 12.6. The van der Waals surface area contributed by atoms with Gasteiger partial charge in [0.2, 0.25) is 0 Å². The van der Waals surface area contributed by atoms with Gasteiger partial charge in [0.15, 0.2) is 0 Å². The van der Waals surface area contributed by atoms with Gasteiger partial charge in [-0.05, 0) is 43.5 Å². The number of carbonyl (C=O) groups is 1. The highest BCUT2D eigenvalue weighted by molar-refractivity contribution is 6.32. The predicted octanol–water partition coefficient (Wildman–Crippen LogP) is 4.60. The Balaban J connectivity index is 1.75. The van der Waals surface area contributed by atoms with Crippen molar-refractivity contribution in [3.05, 3.63) is 47.0 Å². The molecule has 1 fully saturated rings. The third-order valence-electron chi connectivity index (χ3n) is 4.57. The minimum Gasteiger partial charge on any atom is -0.495 e. The smallest absolute Gasteiger partial charge is 0.255 e. The molecule has 3 rings (SSSR count). The first kappa shape index (κ1) is 18.4. The summed E-state index contributed by atoms with van der Waals surface area (Å²) in [4.78, 5) is 15.0. The molecule has 0 atom stereocenters. The minimum atomic E-state index is -0.210. The Morgan fingerprint density at radius 2 is 1.65 bits per heavy atom. The molecule has 1 amide bonds. The fraction of sp³-hybridized carbons (Fsp3) is 0.350. The van der Waals surface area contributed by atoms with E-state index in [-0.39, 0.29) is 5.91 Å². The molecule has 26 heavy (non-hydrogen) atoms. The fourth-order valence-corrected chi connectivity index (χ4v) is 3.36. The van der Waals surface area contributed by atoms with Crippen LogP contribution < -0.4 is 19.7 Å². The number of hydrogen-bond donors (Lipinski definition) is 1. The third-order valence-corrected chi connectivity index (χ3v) is 4.87. The van der Waals surface area contributed by atoms with Crippen LogP contribution in [-0.2, 0) is 0 Å². The largest absolute Gasteiger partial charge is 0.495 e. The molecule has 1 aliphatic rings. The molecule has 2 aromatic rings. The molecule has 5 nitrogen and oxygen atoms in total. The van der Waals surface area contributed by atoms with Gasteiger partial charge in [-0.15, -0.1) is 0 Å². The van der Waals surface area contributed by atoms with Crippen molar-refractivity contribution in [1.29, 1.82) is 0 Å². The average molecular weight is 375 g/mol. The third kappa shape index (κ3) is 4.05. The van der Waals surface area contributed by atoms with Crippen molar-refractivity contribution in [2.45, 2.75) is 19.3 Å². The van der Waals surface area contributed by atoms with E-state index in [1.54, 1.807) is 12.1 Å². The summed E-state index contributed by atoms with van der Waals surface area (Å²) in [5.74, 6) is 0.746. The summed E-state index contributed by atoms with van der Waals surface area (Å²) in [7, 11) is 3.06. The standard InChI is InChI=1S/C20H23ClN2O3/c1-25-18-13-17(19(26-2)12-16(18)21)22-20(24)14-6-8-15(9-7-14)23-10-4-3-5-11-23/h6-9,12-13H,3-5,10-11H2,1-2H3,(H,22,24). The van der Waals surface area contributed by atoms with Gasteiger partial charge < -0.3 is 19.7 Å². The first-order valence-corrected chi connectivity index (χ1v) is 9.08. The molecule has 138 valence electrons. The first-order valence-electron chi connectivity index (χ1n) is 8.70. The predicted molar refractivity (Wildman–Crippen MR) is 105 cm³/mol. The second kappa shape index (κ2) is 8.32. The zero-order valence-corrected chi connectivity index (χ0v) is 15.8. The summed E-state index contributed by atoms with van der Waals surface area (Å²) >= 11 is 6.10. The number of carbonyl (C=O) groups excluding carboxylic acids is 1. The van der Waals surface area contributed by atoms with Gasteiger partial charge in [0.05, 0.1) is 24.9 Å². The Morgan fingerprint density at radius 3 is 2.27 bits per heavy atom. The Morgan fingerprint density at radius 1 is 1.00 bits per heavy atom. The van der Waals surface area contributed by atoms with E-state index in [9.17, 15) is 4.79 Å². The van der Waals surface area contributed by atoms with Crippen LogP contribution in [0.1, 0.15) is 29.6 Å². The molecular weight excluding hydrogens is 352 g/mol. The number of hydrogen-bond acceptors (Lipinski definition) is 4. The van der Waals surface area contributed by atoms with Crippen LogP contribution in [0.2, 0.25) is 5.02 Å².